The van der Waals surface area contributed by atoms with Gasteiger partial charge in [-0.05, 0) is 29.6 Å². The first-order valence-electron chi connectivity index (χ1n) is 5.59. The lowest BCUT2D eigenvalue weighted by Gasteiger charge is -2.21. The fourth-order valence-corrected chi connectivity index (χ4v) is 2.54. The van der Waals surface area contributed by atoms with Gasteiger partial charge in [0.1, 0.15) is 5.82 Å². The second-order valence-corrected chi connectivity index (χ2v) is 4.95. The van der Waals surface area contributed by atoms with Crippen LogP contribution in [0.1, 0.15) is 21.3 Å². The molecule has 0 aliphatic carbocycles. The SMILES string of the molecule is CN(C(=O)c1cccc(F)c1)C(C#N)c1cccs1. The summed E-state index contributed by atoms with van der Waals surface area (Å²) >= 11 is 1.41. The molecule has 1 unspecified atom stereocenters. The van der Waals surface area contributed by atoms with Gasteiger partial charge in [0.2, 0.25) is 0 Å². The third-order valence-corrected chi connectivity index (χ3v) is 3.64. The van der Waals surface area contributed by atoms with Gasteiger partial charge in [0.05, 0.1) is 6.07 Å². The Bertz CT molecular complexity index is 619. The van der Waals surface area contributed by atoms with E-state index in [0.29, 0.717) is 0 Å². The van der Waals surface area contributed by atoms with E-state index in [1.807, 2.05) is 11.4 Å². The number of carbonyl (C=O) groups is 1. The van der Waals surface area contributed by atoms with Crippen LogP contribution in [0.5, 0.6) is 0 Å². The average Bonchev–Trinajstić information content (AvgIpc) is 2.92. The lowest BCUT2D eigenvalue weighted by molar-refractivity contribution is 0.0764. The predicted octanol–water partition coefficient (Wildman–Crippen LogP) is 3.22. The van der Waals surface area contributed by atoms with E-state index in [-0.39, 0.29) is 11.5 Å². The Morgan fingerprint density at radius 2 is 2.21 bits per heavy atom. The van der Waals surface area contributed by atoms with E-state index in [1.54, 1.807) is 13.1 Å². The second kappa shape index (κ2) is 5.63. The topological polar surface area (TPSA) is 44.1 Å². The van der Waals surface area contributed by atoms with E-state index in [9.17, 15) is 14.4 Å². The van der Waals surface area contributed by atoms with E-state index in [1.165, 1.54) is 40.5 Å². The lowest BCUT2D eigenvalue weighted by Crippen LogP contribution is -2.30. The zero-order valence-corrected chi connectivity index (χ0v) is 11.0. The van der Waals surface area contributed by atoms with Gasteiger partial charge in [-0.1, -0.05) is 12.1 Å². The highest BCUT2D eigenvalue weighted by Gasteiger charge is 2.23. The van der Waals surface area contributed by atoms with Crippen molar-refractivity contribution in [1.82, 2.24) is 4.90 Å². The number of nitriles is 1. The van der Waals surface area contributed by atoms with Crippen LogP contribution in [0.4, 0.5) is 4.39 Å². The summed E-state index contributed by atoms with van der Waals surface area (Å²) in [6, 6.07) is 10.5. The first-order valence-corrected chi connectivity index (χ1v) is 6.47. The van der Waals surface area contributed by atoms with Crippen LogP contribution in [0, 0.1) is 17.1 Å². The summed E-state index contributed by atoms with van der Waals surface area (Å²) in [4.78, 5) is 14.3. The summed E-state index contributed by atoms with van der Waals surface area (Å²) in [5, 5.41) is 11.1. The van der Waals surface area contributed by atoms with Crippen molar-refractivity contribution in [2.45, 2.75) is 6.04 Å². The Hall–Kier alpha value is -2.19. The van der Waals surface area contributed by atoms with Gasteiger partial charge in [0.25, 0.3) is 5.91 Å². The number of hydrogen-bond donors (Lipinski definition) is 0. The average molecular weight is 274 g/mol. The quantitative estimate of drug-likeness (QED) is 0.862. The zero-order chi connectivity index (χ0) is 13.8. The maximum atomic E-state index is 13.1. The molecule has 1 amide bonds. The van der Waals surface area contributed by atoms with Crippen molar-refractivity contribution < 1.29 is 9.18 Å². The van der Waals surface area contributed by atoms with Gasteiger partial charge in [-0.25, -0.2) is 4.39 Å². The molecule has 0 aliphatic rings. The summed E-state index contributed by atoms with van der Waals surface area (Å²) in [6.07, 6.45) is 0. The molecule has 3 nitrogen and oxygen atoms in total. The Kier molecular flexibility index (Phi) is 3.93. The van der Waals surface area contributed by atoms with Gasteiger partial charge in [-0.2, -0.15) is 5.26 Å². The molecule has 0 fully saturated rings. The molecule has 1 aromatic heterocycles. The summed E-state index contributed by atoms with van der Waals surface area (Å²) in [5.41, 5.74) is 0.235. The highest BCUT2D eigenvalue weighted by molar-refractivity contribution is 7.10. The first kappa shape index (κ1) is 13.2. The van der Waals surface area contributed by atoms with Crippen LogP contribution in [0.25, 0.3) is 0 Å². The largest absolute Gasteiger partial charge is 0.321 e. The van der Waals surface area contributed by atoms with Crippen molar-refractivity contribution >= 4 is 17.2 Å². The molecule has 0 radical (unpaired) electrons. The number of thiophene rings is 1. The van der Waals surface area contributed by atoms with E-state index < -0.39 is 11.9 Å². The van der Waals surface area contributed by atoms with E-state index in [2.05, 4.69) is 6.07 Å². The number of nitrogens with zero attached hydrogens (tertiary/aromatic N) is 2. The molecular weight excluding hydrogens is 263 g/mol. The van der Waals surface area contributed by atoms with Crippen molar-refractivity contribution in [3.05, 3.63) is 58.0 Å². The third-order valence-electron chi connectivity index (χ3n) is 2.71. The van der Waals surface area contributed by atoms with Crippen molar-refractivity contribution in [1.29, 1.82) is 5.26 Å². The molecule has 0 aliphatic heterocycles. The van der Waals surface area contributed by atoms with Gasteiger partial charge in [0, 0.05) is 17.5 Å². The van der Waals surface area contributed by atoms with Gasteiger partial charge >= 0.3 is 0 Å². The molecule has 96 valence electrons. The normalized spacial score (nSPS) is 11.6. The molecule has 0 bridgehead atoms. The molecule has 19 heavy (non-hydrogen) atoms. The molecular formula is C14H11FN2OS. The second-order valence-electron chi connectivity index (χ2n) is 3.97. The van der Waals surface area contributed by atoms with Crippen molar-refractivity contribution in [2.75, 3.05) is 7.05 Å². The molecule has 1 atom stereocenters. The van der Waals surface area contributed by atoms with Crippen LogP contribution in [-0.2, 0) is 0 Å². The predicted molar refractivity (Wildman–Crippen MR) is 71.2 cm³/mol. The molecule has 0 spiro atoms. The monoisotopic (exact) mass is 274 g/mol. The van der Waals surface area contributed by atoms with Crippen molar-refractivity contribution in [2.24, 2.45) is 0 Å². The van der Waals surface area contributed by atoms with Crippen LogP contribution < -0.4 is 0 Å². The van der Waals surface area contributed by atoms with Crippen LogP contribution in [0.15, 0.2) is 41.8 Å². The van der Waals surface area contributed by atoms with E-state index >= 15 is 0 Å². The molecule has 1 aromatic carbocycles. The fourth-order valence-electron chi connectivity index (χ4n) is 1.73. The van der Waals surface area contributed by atoms with Gasteiger partial charge in [0.15, 0.2) is 6.04 Å². The highest BCUT2D eigenvalue weighted by Crippen LogP contribution is 2.24. The minimum absolute atomic E-state index is 0.235. The smallest absolute Gasteiger partial charge is 0.255 e. The van der Waals surface area contributed by atoms with Gasteiger partial charge < -0.3 is 4.90 Å². The Morgan fingerprint density at radius 1 is 1.42 bits per heavy atom. The van der Waals surface area contributed by atoms with Gasteiger partial charge in [-0.15, -0.1) is 11.3 Å². The molecule has 0 saturated carbocycles. The van der Waals surface area contributed by atoms with Gasteiger partial charge in [-0.3, -0.25) is 4.79 Å². The molecule has 0 saturated heterocycles. The number of benzene rings is 1. The molecule has 2 rings (SSSR count). The van der Waals surface area contributed by atoms with Crippen LogP contribution in [-0.4, -0.2) is 17.9 Å². The fraction of sp³-hybridized carbons (Fsp3) is 0.143. The Morgan fingerprint density at radius 3 is 2.79 bits per heavy atom. The lowest BCUT2D eigenvalue weighted by atomic mass is 10.1. The Labute approximate surface area is 114 Å². The summed E-state index contributed by atoms with van der Waals surface area (Å²) in [7, 11) is 1.54. The number of halogens is 1. The molecule has 0 N–H and O–H groups in total. The first-order chi connectivity index (χ1) is 9.13. The molecule has 1 heterocycles. The van der Waals surface area contributed by atoms with Crippen LogP contribution >= 0.6 is 11.3 Å². The molecule has 5 heteroatoms. The third kappa shape index (κ3) is 2.80. The minimum atomic E-state index is -0.657. The molecule has 2 aromatic rings. The number of rotatable bonds is 3. The number of carbonyl (C=O) groups excluding carboxylic acids is 1. The van der Waals surface area contributed by atoms with Crippen molar-refractivity contribution in [3.63, 3.8) is 0 Å². The van der Waals surface area contributed by atoms with E-state index in [4.69, 9.17) is 0 Å². The summed E-state index contributed by atoms with van der Waals surface area (Å²) in [5.74, 6) is -0.844. The number of amides is 1. The maximum absolute atomic E-state index is 13.1. The van der Waals surface area contributed by atoms with Crippen LogP contribution in [0.3, 0.4) is 0 Å². The maximum Gasteiger partial charge on any atom is 0.255 e. The highest BCUT2D eigenvalue weighted by atomic mass is 32.1. The summed E-state index contributed by atoms with van der Waals surface area (Å²) in [6.45, 7) is 0. The number of hydrogen-bond acceptors (Lipinski definition) is 3. The summed E-state index contributed by atoms with van der Waals surface area (Å²) < 4.78 is 13.1. The Balaban J connectivity index is 2.26. The minimum Gasteiger partial charge on any atom is -0.321 e. The van der Waals surface area contributed by atoms with Crippen molar-refractivity contribution in [3.8, 4) is 6.07 Å². The van der Waals surface area contributed by atoms with E-state index in [0.717, 1.165) is 4.88 Å². The zero-order valence-electron chi connectivity index (χ0n) is 10.2. The standard InChI is InChI=1S/C14H11FN2OS/c1-17(12(9-16)13-6-3-7-19-13)14(18)10-4-2-5-11(15)8-10/h2-8,12H,1H3. The van der Waals surface area contributed by atoms with Crippen LogP contribution in [0.2, 0.25) is 0 Å².